The van der Waals surface area contributed by atoms with Crippen LogP contribution in [0.2, 0.25) is 0 Å². The first-order valence-electron chi connectivity index (χ1n) is 6.69. The summed E-state index contributed by atoms with van der Waals surface area (Å²) in [5, 5.41) is 6.12. The first kappa shape index (κ1) is 15.0. The lowest BCUT2D eigenvalue weighted by molar-refractivity contribution is 0.379. The molecule has 0 saturated heterocycles. The minimum Gasteiger partial charge on any atom is -0.467 e. The van der Waals surface area contributed by atoms with Crippen LogP contribution in [0.4, 0.5) is 22.0 Å². The Morgan fingerprint density at radius 3 is 2.62 bits per heavy atom. The van der Waals surface area contributed by atoms with Gasteiger partial charge in [0.15, 0.2) is 0 Å². The number of nitrogens with zero attached hydrogens (tertiary/aromatic N) is 3. The van der Waals surface area contributed by atoms with E-state index >= 15 is 0 Å². The van der Waals surface area contributed by atoms with Crippen molar-refractivity contribution in [3.63, 3.8) is 0 Å². The predicted molar refractivity (Wildman–Crippen MR) is 79.6 cm³/mol. The fourth-order valence-electron chi connectivity index (χ4n) is 1.71. The van der Waals surface area contributed by atoms with Crippen LogP contribution in [0.25, 0.3) is 0 Å². The molecule has 0 saturated carbocycles. The van der Waals surface area contributed by atoms with Crippen molar-refractivity contribution >= 4 is 17.6 Å². The van der Waals surface area contributed by atoms with Crippen molar-refractivity contribution in [2.75, 3.05) is 24.3 Å². The molecular formula is C14H18FN5O. The van der Waals surface area contributed by atoms with Gasteiger partial charge < -0.3 is 15.4 Å². The number of halogens is 1. The quantitative estimate of drug-likeness (QED) is 0.852. The Morgan fingerprint density at radius 1 is 1.19 bits per heavy atom. The molecule has 0 aliphatic carbocycles. The molecule has 0 bridgehead atoms. The summed E-state index contributed by atoms with van der Waals surface area (Å²) in [4.78, 5) is 12.5. The van der Waals surface area contributed by atoms with Crippen molar-refractivity contribution < 1.29 is 9.13 Å². The number of methoxy groups -OCH3 is 1. The van der Waals surface area contributed by atoms with E-state index in [0.29, 0.717) is 11.9 Å². The van der Waals surface area contributed by atoms with Gasteiger partial charge in [0, 0.05) is 12.2 Å². The number of benzene rings is 1. The van der Waals surface area contributed by atoms with Crippen molar-refractivity contribution in [2.24, 2.45) is 0 Å². The van der Waals surface area contributed by atoms with Gasteiger partial charge in [0.25, 0.3) is 0 Å². The molecular weight excluding hydrogens is 273 g/mol. The number of rotatable bonds is 6. The summed E-state index contributed by atoms with van der Waals surface area (Å²) in [6.07, 6.45) is 0.952. The second-order valence-corrected chi connectivity index (χ2v) is 4.48. The number of anilines is 3. The maximum Gasteiger partial charge on any atom is 0.322 e. The van der Waals surface area contributed by atoms with Gasteiger partial charge in [-0.1, -0.05) is 6.92 Å². The third-order valence-electron chi connectivity index (χ3n) is 2.77. The zero-order chi connectivity index (χ0) is 15.2. The molecule has 0 spiro atoms. The SMILES string of the molecule is CCCNc1nc(Nc2ccc(F)cc2C)nc(OC)n1. The molecule has 2 N–H and O–H groups in total. The Labute approximate surface area is 122 Å². The van der Waals surface area contributed by atoms with Crippen LogP contribution in [0.5, 0.6) is 6.01 Å². The number of hydrogen-bond donors (Lipinski definition) is 2. The highest BCUT2D eigenvalue weighted by molar-refractivity contribution is 5.58. The van der Waals surface area contributed by atoms with Crippen molar-refractivity contribution in [1.82, 2.24) is 15.0 Å². The summed E-state index contributed by atoms with van der Waals surface area (Å²) >= 11 is 0. The maximum atomic E-state index is 13.1. The van der Waals surface area contributed by atoms with E-state index in [1.807, 2.05) is 6.92 Å². The molecule has 1 heterocycles. The van der Waals surface area contributed by atoms with E-state index in [1.54, 1.807) is 13.0 Å². The molecule has 0 aliphatic rings. The molecule has 7 heteroatoms. The van der Waals surface area contributed by atoms with Crippen LogP contribution >= 0.6 is 0 Å². The summed E-state index contributed by atoms with van der Waals surface area (Å²) in [7, 11) is 1.49. The first-order valence-corrected chi connectivity index (χ1v) is 6.69. The standard InChI is InChI=1S/C14H18FN5O/c1-4-7-16-12-18-13(20-14(19-12)21-3)17-11-6-5-10(15)8-9(11)2/h5-6,8H,4,7H2,1-3H3,(H2,16,17,18,19,20). The topological polar surface area (TPSA) is 72.0 Å². The Bertz CT molecular complexity index is 620. The second kappa shape index (κ2) is 6.83. The van der Waals surface area contributed by atoms with Gasteiger partial charge in [0.1, 0.15) is 5.82 Å². The smallest absolute Gasteiger partial charge is 0.322 e. The van der Waals surface area contributed by atoms with Crippen molar-refractivity contribution in [3.8, 4) is 6.01 Å². The second-order valence-electron chi connectivity index (χ2n) is 4.48. The van der Waals surface area contributed by atoms with Gasteiger partial charge in [-0.15, -0.1) is 0 Å². The van der Waals surface area contributed by atoms with Crippen LogP contribution in [-0.2, 0) is 0 Å². The summed E-state index contributed by atoms with van der Waals surface area (Å²) < 4.78 is 18.2. The lowest BCUT2D eigenvalue weighted by Crippen LogP contribution is -2.09. The number of aryl methyl sites for hydroxylation is 1. The first-order chi connectivity index (χ1) is 10.1. The monoisotopic (exact) mass is 291 g/mol. The molecule has 2 aromatic rings. The van der Waals surface area contributed by atoms with Crippen LogP contribution in [0.1, 0.15) is 18.9 Å². The Balaban J connectivity index is 2.25. The molecule has 1 aromatic heterocycles. The van der Waals surface area contributed by atoms with Gasteiger partial charge in [-0.25, -0.2) is 4.39 Å². The highest BCUT2D eigenvalue weighted by Crippen LogP contribution is 2.20. The highest BCUT2D eigenvalue weighted by atomic mass is 19.1. The molecule has 0 unspecified atom stereocenters. The molecule has 6 nitrogen and oxygen atoms in total. The average molecular weight is 291 g/mol. The third kappa shape index (κ3) is 4.01. The Morgan fingerprint density at radius 2 is 1.95 bits per heavy atom. The molecule has 2 rings (SSSR count). The van der Waals surface area contributed by atoms with E-state index in [4.69, 9.17) is 4.74 Å². The maximum absolute atomic E-state index is 13.1. The van der Waals surface area contributed by atoms with Crippen LogP contribution in [-0.4, -0.2) is 28.6 Å². The molecule has 0 amide bonds. The average Bonchev–Trinajstić information content (AvgIpc) is 2.48. The number of nitrogens with one attached hydrogen (secondary N) is 2. The summed E-state index contributed by atoms with van der Waals surface area (Å²) in [6, 6.07) is 4.67. The Kier molecular flexibility index (Phi) is 4.86. The van der Waals surface area contributed by atoms with E-state index < -0.39 is 0 Å². The molecule has 0 aliphatic heterocycles. The van der Waals surface area contributed by atoms with E-state index in [2.05, 4.69) is 25.6 Å². The van der Waals surface area contributed by atoms with Gasteiger partial charge >= 0.3 is 6.01 Å². The number of ether oxygens (including phenoxy) is 1. The van der Waals surface area contributed by atoms with Gasteiger partial charge in [0.05, 0.1) is 7.11 Å². The number of hydrogen-bond acceptors (Lipinski definition) is 6. The zero-order valence-electron chi connectivity index (χ0n) is 12.3. The highest BCUT2D eigenvalue weighted by Gasteiger charge is 2.08. The van der Waals surface area contributed by atoms with Crippen LogP contribution in [0.15, 0.2) is 18.2 Å². The van der Waals surface area contributed by atoms with Crippen LogP contribution in [0, 0.1) is 12.7 Å². The molecule has 112 valence electrons. The van der Waals surface area contributed by atoms with Gasteiger partial charge in [-0.3, -0.25) is 0 Å². The van der Waals surface area contributed by atoms with Crippen molar-refractivity contribution in [1.29, 1.82) is 0 Å². The summed E-state index contributed by atoms with van der Waals surface area (Å²) in [5.74, 6) is 0.498. The fourth-order valence-corrected chi connectivity index (χ4v) is 1.71. The van der Waals surface area contributed by atoms with E-state index in [0.717, 1.165) is 24.2 Å². The Hall–Kier alpha value is -2.44. The molecule has 21 heavy (non-hydrogen) atoms. The summed E-state index contributed by atoms with van der Waals surface area (Å²) in [6.45, 7) is 4.61. The van der Waals surface area contributed by atoms with Gasteiger partial charge in [-0.2, -0.15) is 15.0 Å². The molecule has 0 fully saturated rings. The van der Waals surface area contributed by atoms with Crippen molar-refractivity contribution in [3.05, 3.63) is 29.6 Å². The van der Waals surface area contributed by atoms with Crippen molar-refractivity contribution in [2.45, 2.75) is 20.3 Å². The largest absolute Gasteiger partial charge is 0.467 e. The van der Waals surface area contributed by atoms with E-state index in [1.165, 1.54) is 19.2 Å². The predicted octanol–water partition coefficient (Wildman–Crippen LogP) is 2.89. The zero-order valence-corrected chi connectivity index (χ0v) is 12.3. The van der Waals surface area contributed by atoms with Crippen LogP contribution < -0.4 is 15.4 Å². The van der Waals surface area contributed by atoms with E-state index in [-0.39, 0.29) is 11.8 Å². The lowest BCUT2D eigenvalue weighted by atomic mass is 10.2. The van der Waals surface area contributed by atoms with Crippen LogP contribution in [0.3, 0.4) is 0 Å². The molecule has 1 aromatic carbocycles. The fraction of sp³-hybridized carbons (Fsp3) is 0.357. The minimum atomic E-state index is -0.281. The summed E-state index contributed by atoms with van der Waals surface area (Å²) in [5.41, 5.74) is 1.49. The minimum absolute atomic E-state index is 0.214. The molecule has 0 radical (unpaired) electrons. The third-order valence-corrected chi connectivity index (χ3v) is 2.77. The van der Waals surface area contributed by atoms with E-state index in [9.17, 15) is 4.39 Å². The molecule has 0 atom stereocenters. The van der Waals surface area contributed by atoms with Gasteiger partial charge in [0.2, 0.25) is 11.9 Å². The lowest BCUT2D eigenvalue weighted by Gasteiger charge is -2.10. The van der Waals surface area contributed by atoms with Gasteiger partial charge in [-0.05, 0) is 37.1 Å². The number of aromatic nitrogens is 3. The normalized spacial score (nSPS) is 10.3.